The van der Waals surface area contributed by atoms with Crippen LogP contribution in [0.25, 0.3) is 0 Å². The highest BCUT2D eigenvalue weighted by Crippen LogP contribution is 2.57. The van der Waals surface area contributed by atoms with Gasteiger partial charge in [0.05, 0.1) is 18.9 Å². The zero-order valence-corrected chi connectivity index (χ0v) is 14.7. The monoisotopic (exact) mass is 352 g/mol. The first kappa shape index (κ1) is 19.2. The van der Waals surface area contributed by atoms with Crippen LogP contribution in [0.15, 0.2) is 24.3 Å². The van der Waals surface area contributed by atoms with E-state index in [0.717, 1.165) is 0 Å². The number of allylic oxidation sites excluding steroid dienone is 2. The van der Waals surface area contributed by atoms with Crippen molar-refractivity contribution in [3.63, 3.8) is 0 Å². The molecule has 138 valence electrons. The van der Waals surface area contributed by atoms with Gasteiger partial charge in [0.2, 0.25) is 0 Å². The van der Waals surface area contributed by atoms with Gasteiger partial charge >= 0.3 is 17.9 Å². The molecule has 2 aliphatic rings. The highest BCUT2D eigenvalue weighted by molar-refractivity contribution is 5.87. The van der Waals surface area contributed by atoms with E-state index >= 15 is 0 Å². The molecular formula is C18H24O7. The standard InChI is InChI=1S/C18H24O7/c1-10(2)15(20)24-8-12(19)9-25-17(22)14-13(16(21)23-4)11-5-6-18(14,3)7-11/h5-6,11-14,19H,1,7-9H2,2-4H3. The summed E-state index contributed by atoms with van der Waals surface area (Å²) in [7, 11) is 1.29. The summed E-state index contributed by atoms with van der Waals surface area (Å²) in [5.41, 5.74) is -0.246. The summed E-state index contributed by atoms with van der Waals surface area (Å²) in [5.74, 6) is -2.89. The molecule has 2 aliphatic carbocycles. The smallest absolute Gasteiger partial charge is 0.333 e. The number of methoxy groups -OCH3 is 1. The van der Waals surface area contributed by atoms with Crippen LogP contribution in [0.4, 0.5) is 0 Å². The summed E-state index contributed by atoms with van der Waals surface area (Å²) >= 11 is 0. The summed E-state index contributed by atoms with van der Waals surface area (Å²) in [5, 5.41) is 9.80. The van der Waals surface area contributed by atoms with E-state index in [1.807, 2.05) is 19.1 Å². The Balaban J connectivity index is 1.93. The third-order valence-electron chi connectivity index (χ3n) is 4.83. The lowest BCUT2D eigenvalue weighted by molar-refractivity contribution is -0.164. The van der Waals surface area contributed by atoms with Crippen molar-refractivity contribution in [2.24, 2.45) is 23.2 Å². The van der Waals surface area contributed by atoms with Crippen molar-refractivity contribution in [2.75, 3.05) is 20.3 Å². The molecule has 0 radical (unpaired) electrons. The molecule has 0 saturated heterocycles. The van der Waals surface area contributed by atoms with Gasteiger partial charge in [-0.2, -0.15) is 0 Å². The number of hydrogen-bond donors (Lipinski definition) is 1. The average molecular weight is 352 g/mol. The van der Waals surface area contributed by atoms with Crippen molar-refractivity contribution < 1.29 is 33.7 Å². The third-order valence-corrected chi connectivity index (χ3v) is 4.83. The van der Waals surface area contributed by atoms with E-state index in [-0.39, 0.29) is 24.7 Å². The first-order valence-electron chi connectivity index (χ1n) is 8.14. The SMILES string of the molecule is C=C(C)C(=O)OCC(O)COC(=O)C1C(C(=O)OC)C2C=CC1(C)C2. The lowest BCUT2D eigenvalue weighted by Crippen LogP contribution is -2.40. The molecular weight excluding hydrogens is 328 g/mol. The summed E-state index contributed by atoms with van der Waals surface area (Å²) in [6.07, 6.45) is 3.42. The number of hydrogen-bond acceptors (Lipinski definition) is 7. The highest BCUT2D eigenvalue weighted by Gasteiger charge is 2.59. The number of fused-ring (bicyclic) bond motifs is 2. The number of carbonyl (C=O) groups is 3. The van der Waals surface area contributed by atoms with Crippen molar-refractivity contribution in [2.45, 2.75) is 26.4 Å². The molecule has 25 heavy (non-hydrogen) atoms. The molecule has 1 fully saturated rings. The Morgan fingerprint density at radius 3 is 2.52 bits per heavy atom. The quantitative estimate of drug-likeness (QED) is 0.316. The van der Waals surface area contributed by atoms with Gasteiger partial charge in [-0.15, -0.1) is 0 Å². The van der Waals surface area contributed by atoms with Gasteiger partial charge in [0, 0.05) is 11.0 Å². The maximum absolute atomic E-state index is 12.5. The number of carbonyl (C=O) groups excluding carboxylic acids is 3. The lowest BCUT2D eigenvalue weighted by Gasteiger charge is -2.30. The minimum absolute atomic E-state index is 0.0450. The number of ether oxygens (including phenoxy) is 3. The van der Waals surface area contributed by atoms with Crippen LogP contribution >= 0.6 is 0 Å². The maximum Gasteiger partial charge on any atom is 0.333 e. The molecule has 0 aliphatic heterocycles. The van der Waals surface area contributed by atoms with E-state index in [1.165, 1.54) is 14.0 Å². The van der Waals surface area contributed by atoms with E-state index in [9.17, 15) is 19.5 Å². The molecule has 5 unspecified atom stereocenters. The third kappa shape index (κ3) is 3.92. The van der Waals surface area contributed by atoms with Gasteiger partial charge in [-0.1, -0.05) is 25.7 Å². The van der Waals surface area contributed by atoms with Crippen LogP contribution < -0.4 is 0 Å². The average Bonchev–Trinajstić information content (AvgIpc) is 3.09. The van der Waals surface area contributed by atoms with Gasteiger partial charge in [0.25, 0.3) is 0 Å². The molecule has 0 aromatic carbocycles. The summed E-state index contributed by atoms with van der Waals surface area (Å²) in [4.78, 5) is 35.9. The van der Waals surface area contributed by atoms with Crippen LogP contribution in [0, 0.1) is 23.2 Å². The molecule has 0 spiro atoms. The van der Waals surface area contributed by atoms with Crippen molar-refractivity contribution in [1.82, 2.24) is 0 Å². The molecule has 7 nitrogen and oxygen atoms in total. The van der Waals surface area contributed by atoms with Gasteiger partial charge < -0.3 is 19.3 Å². The fraction of sp³-hybridized carbons (Fsp3) is 0.611. The Kier molecular flexibility index (Phi) is 5.67. The Labute approximate surface area is 146 Å². The van der Waals surface area contributed by atoms with Crippen LogP contribution in [-0.2, 0) is 28.6 Å². The van der Waals surface area contributed by atoms with Crippen LogP contribution in [0.3, 0.4) is 0 Å². The Bertz CT molecular complexity index is 609. The van der Waals surface area contributed by atoms with Gasteiger partial charge in [-0.05, 0) is 19.3 Å². The van der Waals surface area contributed by atoms with Crippen molar-refractivity contribution in [1.29, 1.82) is 0 Å². The fourth-order valence-corrected chi connectivity index (χ4v) is 3.60. The van der Waals surface area contributed by atoms with Gasteiger partial charge in [0.1, 0.15) is 19.3 Å². The number of rotatable bonds is 7. The largest absolute Gasteiger partial charge is 0.469 e. The summed E-state index contributed by atoms with van der Waals surface area (Å²) in [6, 6.07) is 0. The highest BCUT2D eigenvalue weighted by atomic mass is 16.6. The predicted octanol–water partition coefficient (Wildman–Crippen LogP) is 1.01. The van der Waals surface area contributed by atoms with Gasteiger partial charge in [0.15, 0.2) is 0 Å². The van der Waals surface area contributed by atoms with Crippen molar-refractivity contribution in [3.8, 4) is 0 Å². The molecule has 2 bridgehead atoms. The zero-order chi connectivity index (χ0) is 18.8. The minimum Gasteiger partial charge on any atom is -0.469 e. The van der Waals surface area contributed by atoms with Crippen molar-refractivity contribution >= 4 is 17.9 Å². The molecule has 1 N–H and O–H groups in total. The number of esters is 3. The second-order valence-electron chi connectivity index (χ2n) is 6.92. The molecule has 0 heterocycles. The first-order valence-corrected chi connectivity index (χ1v) is 8.14. The van der Waals surface area contributed by atoms with E-state index in [1.54, 1.807) is 0 Å². The normalized spacial score (nSPS) is 30.6. The maximum atomic E-state index is 12.5. The van der Waals surface area contributed by atoms with E-state index in [2.05, 4.69) is 6.58 Å². The van der Waals surface area contributed by atoms with Crippen LogP contribution in [-0.4, -0.2) is 49.4 Å². The molecule has 2 rings (SSSR count). The lowest BCUT2D eigenvalue weighted by atomic mass is 9.75. The summed E-state index contributed by atoms with van der Waals surface area (Å²) in [6.45, 7) is 6.20. The van der Waals surface area contributed by atoms with E-state index < -0.39 is 41.3 Å². The molecule has 0 amide bonds. The van der Waals surface area contributed by atoms with Crippen LogP contribution in [0.5, 0.6) is 0 Å². The predicted molar refractivity (Wildman–Crippen MR) is 87.1 cm³/mol. The van der Waals surface area contributed by atoms with Gasteiger partial charge in [-0.25, -0.2) is 4.79 Å². The molecule has 0 aromatic heterocycles. The first-order chi connectivity index (χ1) is 11.7. The molecule has 1 saturated carbocycles. The molecule has 7 heteroatoms. The van der Waals surface area contributed by atoms with E-state index in [4.69, 9.17) is 14.2 Å². The Hall–Kier alpha value is -2.15. The van der Waals surface area contributed by atoms with Crippen LogP contribution in [0.2, 0.25) is 0 Å². The Morgan fingerprint density at radius 1 is 1.28 bits per heavy atom. The van der Waals surface area contributed by atoms with E-state index in [0.29, 0.717) is 6.42 Å². The Morgan fingerprint density at radius 2 is 1.92 bits per heavy atom. The van der Waals surface area contributed by atoms with Crippen LogP contribution in [0.1, 0.15) is 20.3 Å². The number of aliphatic hydroxyl groups is 1. The molecule has 0 aromatic rings. The van der Waals surface area contributed by atoms with Crippen molar-refractivity contribution in [3.05, 3.63) is 24.3 Å². The second kappa shape index (κ2) is 7.39. The van der Waals surface area contributed by atoms with Gasteiger partial charge in [-0.3, -0.25) is 9.59 Å². The second-order valence-corrected chi connectivity index (χ2v) is 6.92. The number of aliphatic hydroxyl groups excluding tert-OH is 1. The summed E-state index contributed by atoms with van der Waals surface area (Å²) < 4.78 is 14.8. The zero-order valence-electron chi connectivity index (χ0n) is 14.7. The fourth-order valence-electron chi connectivity index (χ4n) is 3.60. The molecule has 5 atom stereocenters. The minimum atomic E-state index is -1.15. The topological polar surface area (TPSA) is 99.1 Å².